The third-order valence-electron chi connectivity index (χ3n) is 6.72. The average Bonchev–Trinajstić information content (AvgIpc) is 2.97. The molecule has 4 amide bonds. The van der Waals surface area contributed by atoms with Crippen molar-refractivity contribution in [2.75, 3.05) is 19.6 Å². The van der Waals surface area contributed by atoms with Crippen molar-refractivity contribution in [2.45, 2.75) is 57.1 Å². The number of para-hydroxylation sites is 1. The van der Waals surface area contributed by atoms with E-state index in [0.717, 1.165) is 24.2 Å². The number of amides is 4. The van der Waals surface area contributed by atoms with Gasteiger partial charge in [0.1, 0.15) is 18.2 Å². The fraction of sp³-hybridized carbons (Fsp3) is 0.591. The summed E-state index contributed by atoms with van der Waals surface area (Å²) in [4.78, 5) is 41.0. The van der Waals surface area contributed by atoms with Gasteiger partial charge in [0.05, 0.1) is 0 Å². The van der Waals surface area contributed by atoms with Crippen LogP contribution < -0.4 is 10.1 Å². The first-order valence-corrected chi connectivity index (χ1v) is 10.7. The summed E-state index contributed by atoms with van der Waals surface area (Å²) in [5.74, 6) is -0.641. The Morgan fingerprint density at radius 3 is 2.63 bits per heavy atom. The Bertz CT molecular complexity index is 839. The highest BCUT2D eigenvalue weighted by Crippen LogP contribution is 2.38. The summed E-state index contributed by atoms with van der Waals surface area (Å²) in [6, 6.07) is 5.80. The predicted octanol–water partition coefficient (Wildman–Crippen LogP) is 2.70. The van der Waals surface area contributed by atoms with Gasteiger partial charge in [0, 0.05) is 25.9 Å². The van der Waals surface area contributed by atoms with Crippen molar-refractivity contribution in [1.82, 2.24) is 15.1 Å². The van der Waals surface area contributed by atoms with Crippen molar-refractivity contribution in [1.29, 1.82) is 0 Å². The molecule has 1 saturated carbocycles. The molecular formula is C22H28FN3O4. The van der Waals surface area contributed by atoms with Crippen molar-refractivity contribution in [3.8, 4) is 5.75 Å². The van der Waals surface area contributed by atoms with Crippen LogP contribution in [0.4, 0.5) is 9.18 Å². The van der Waals surface area contributed by atoms with Crippen LogP contribution >= 0.6 is 0 Å². The lowest BCUT2D eigenvalue weighted by Gasteiger charge is -2.37. The van der Waals surface area contributed by atoms with Crippen LogP contribution in [0.1, 0.15) is 45.4 Å². The number of halogens is 1. The number of carbonyl (C=O) groups is 3. The number of urea groups is 1. The number of hydrogen-bond donors (Lipinski definition) is 1. The molecule has 1 aromatic rings. The van der Waals surface area contributed by atoms with E-state index >= 15 is 0 Å². The monoisotopic (exact) mass is 417 g/mol. The fourth-order valence-corrected chi connectivity index (χ4v) is 4.82. The van der Waals surface area contributed by atoms with Crippen LogP contribution in [0, 0.1) is 11.7 Å². The maximum Gasteiger partial charge on any atom is 0.325 e. The number of hydrogen-bond acceptors (Lipinski definition) is 4. The molecule has 0 bridgehead atoms. The number of imide groups is 1. The van der Waals surface area contributed by atoms with E-state index in [9.17, 15) is 18.8 Å². The Labute approximate surface area is 175 Å². The topological polar surface area (TPSA) is 79.0 Å². The van der Waals surface area contributed by atoms with Crippen LogP contribution in [0.15, 0.2) is 24.3 Å². The summed E-state index contributed by atoms with van der Waals surface area (Å²) in [5, 5.41) is 2.88. The minimum atomic E-state index is -0.851. The van der Waals surface area contributed by atoms with Crippen molar-refractivity contribution >= 4 is 17.8 Å². The van der Waals surface area contributed by atoms with Crippen molar-refractivity contribution in [3.05, 3.63) is 30.1 Å². The van der Waals surface area contributed by atoms with Crippen LogP contribution in [0.2, 0.25) is 0 Å². The SMILES string of the molecule is C[C@H]1CCCC[C@]12NC(=O)N(CC(=O)N1CCC(Oc3ccccc3F)CC1)C2=O. The molecule has 1 N–H and O–H groups in total. The number of ether oxygens (including phenoxy) is 1. The Morgan fingerprint density at radius 2 is 1.93 bits per heavy atom. The van der Waals surface area contributed by atoms with Crippen LogP contribution in [0.3, 0.4) is 0 Å². The van der Waals surface area contributed by atoms with Gasteiger partial charge >= 0.3 is 6.03 Å². The molecule has 2 atom stereocenters. The van der Waals surface area contributed by atoms with Gasteiger partial charge in [-0.15, -0.1) is 0 Å². The number of piperidine rings is 1. The van der Waals surface area contributed by atoms with E-state index in [1.54, 1.807) is 23.1 Å². The van der Waals surface area contributed by atoms with E-state index in [-0.39, 0.29) is 36.1 Å². The molecule has 30 heavy (non-hydrogen) atoms. The molecule has 7 nitrogen and oxygen atoms in total. The Balaban J connectivity index is 1.32. The average molecular weight is 417 g/mol. The second-order valence-electron chi connectivity index (χ2n) is 8.57. The third kappa shape index (κ3) is 3.75. The summed E-state index contributed by atoms with van der Waals surface area (Å²) in [6.45, 7) is 2.65. The summed E-state index contributed by atoms with van der Waals surface area (Å²) in [5.41, 5.74) is -0.851. The first kappa shape index (κ1) is 20.6. The van der Waals surface area contributed by atoms with Crippen LogP contribution in [0.25, 0.3) is 0 Å². The van der Waals surface area contributed by atoms with Gasteiger partial charge in [-0.1, -0.05) is 31.9 Å². The maximum atomic E-state index is 13.8. The molecule has 2 saturated heterocycles. The Kier molecular flexibility index (Phi) is 5.66. The Morgan fingerprint density at radius 1 is 1.20 bits per heavy atom. The first-order chi connectivity index (χ1) is 14.4. The number of rotatable bonds is 4. The summed E-state index contributed by atoms with van der Waals surface area (Å²) in [7, 11) is 0. The molecule has 3 aliphatic rings. The van der Waals surface area contributed by atoms with Crippen LogP contribution in [-0.2, 0) is 9.59 Å². The minimum Gasteiger partial charge on any atom is -0.487 e. The molecule has 2 heterocycles. The smallest absolute Gasteiger partial charge is 0.325 e. The molecular weight excluding hydrogens is 389 g/mol. The molecule has 2 aliphatic heterocycles. The number of nitrogens with zero attached hydrogens (tertiary/aromatic N) is 2. The zero-order valence-corrected chi connectivity index (χ0v) is 17.2. The van der Waals surface area contributed by atoms with Crippen molar-refractivity contribution < 1.29 is 23.5 Å². The summed E-state index contributed by atoms with van der Waals surface area (Å²) < 4.78 is 19.5. The number of benzene rings is 1. The first-order valence-electron chi connectivity index (χ1n) is 10.7. The zero-order chi connectivity index (χ0) is 21.3. The van der Waals surface area contributed by atoms with E-state index in [0.29, 0.717) is 32.4 Å². The molecule has 3 fully saturated rings. The lowest BCUT2D eigenvalue weighted by molar-refractivity contribution is -0.141. The van der Waals surface area contributed by atoms with E-state index in [1.165, 1.54) is 6.07 Å². The molecule has 8 heteroatoms. The highest BCUT2D eigenvalue weighted by atomic mass is 19.1. The van der Waals surface area contributed by atoms with Crippen LogP contribution in [-0.4, -0.2) is 58.9 Å². The van der Waals surface area contributed by atoms with Gasteiger partial charge in [0.25, 0.3) is 5.91 Å². The molecule has 4 rings (SSSR count). The van der Waals surface area contributed by atoms with Gasteiger partial charge < -0.3 is 15.0 Å². The molecule has 1 spiro atoms. The Hall–Kier alpha value is -2.64. The largest absolute Gasteiger partial charge is 0.487 e. The second kappa shape index (κ2) is 8.24. The fourth-order valence-electron chi connectivity index (χ4n) is 4.82. The summed E-state index contributed by atoms with van der Waals surface area (Å²) >= 11 is 0. The third-order valence-corrected chi connectivity index (χ3v) is 6.72. The van der Waals surface area contributed by atoms with Gasteiger partial charge in [-0.05, 0) is 30.9 Å². The lowest BCUT2D eigenvalue weighted by atomic mass is 9.73. The zero-order valence-electron chi connectivity index (χ0n) is 17.2. The van der Waals surface area contributed by atoms with Gasteiger partial charge in [-0.25, -0.2) is 9.18 Å². The highest BCUT2D eigenvalue weighted by molar-refractivity contribution is 6.09. The number of nitrogens with one attached hydrogen (secondary N) is 1. The van der Waals surface area contributed by atoms with E-state index in [2.05, 4.69) is 5.32 Å². The standard InChI is InChI=1S/C22H28FN3O4/c1-15-6-4-5-11-22(15)20(28)26(21(29)24-22)14-19(27)25-12-9-16(10-13-25)30-18-8-3-2-7-17(18)23/h2-3,7-8,15-16H,4-6,9-14H2,1H3,(H,24,29)/t15-,22-/m0/s1. The number of likely N-dealkylation sites (tertiary alicyclic amines) is 1. The molecule has 0 aromatic heterocycles. The van der Waals surface area contributed by atoms with Crippen LogP contribution in [0.5, 0.6) is 5.75 Å². The quantitative estimate of drug-likeness (QED) is 0.764. The van der Waals surface area contributed by atoms with Gasteiger partial charge in [0.2, 0.25) is 5.91 Å². The molecule has 1 aliphatic carbocycles. The maximum absolute atomic E-state index is 13.8. The molecule has 162 valence electrons. The lowest BCUT2D eigenvalue weighted by Crippen LogP contribution is -2.54. The van der Waals surface area contributed by atoms with E-state index in [4.69, 9.17) is 4.74 Å². The normalized spacial score (nSPS) is 27.5. The van der Waals surface area contributed by atoms with Gasteiger partial charge in [-0.2, -0.15) is 0 Å². The van der Waals surface area contributed by atoms with Crippen molar-refractivity contribution in [3.63, 3.8) is 0 Å². The summed E-state index contributed by atoms with van der Waals surface area (Å²) in [6.07, 6.45) is 4.44. The van der Waals surface area contributed by atoms with Gasteiger partial charge in [0.15, 0.2) is 11.6 Å². The highest BCUT2D eigenvalue weighted by Gasteiger charge is 2.55. The van der Waals surface area contributed by atoms with Crippen molar-refractivity contribution in [2.24, 2.45) is 5.92 Å². The molecule has 0 radical (unpaired) electrons. The second-order valence-corrected chi connectivity index (χ2v) is 8.57. The van der Waals surface area contributed by atoms with E-state index < -0.39 is 17.4 Å². The molecule has 0 unspecified atom stereocenters. The number of carbonyl (C=O) groups excluding carboxylic acids is 3. The molecule has 1 aromatic carbocycles. The van der Waals surface area contributed by atoms with E-state index in [1.807, 2.05) is 6.92 Å². The van der Waals surface area contributed by atoms with Gasteiger partial charge in [-0.3, -0.25) is 14.5 Å². The minimum absolute atomic E-state index is 0.0640. The predicted molar refractivity (Wildman–Crippen MR) is 107 cm³/mol.